The van der Waals surface area contributed by atoms with Crippen molar-refractivity contribution in [1.29, 1.82) is 5.26 Å². The maximum atomic E-state index is 13.0. The zero-order valence-electron chi connectivity index (χ0n) is 22.0. The first-order valence-electron chi connectivity index (χ1n) is 13.2. The van der Waals surface area contributed by atoms with E-state index in [0.29, 0.717) is 40.2 Å². The van der Waals surface area contributed by atoms with E-state index in [-0.39, 0.29) is 35.7 Å². The molecule has 1 aromatic carbocycles. The van der Waals surface area contributed by atoms with Gasteiger partial charge in [-0.25, -0.2) is 4.98 Å². The molecule has 6 rings (SSSR count). The number of hydrogen-bond donors (Lipinski definition) is 1. The maximum absolute atomic E-state index is 13.0. The molecule has 0 bridgehead atoms. The molecule has 3 fully saturated rings. The van der Waals surface area contributed by atoms with Gasteiger partial charge in [0.2, 0.25) is 5.91 Å². The first-order valence-corrected chi connectivity index (χ1v) is 13.6. The summed E-state index contributed by atoms with van der Waals surface area (Å²) in [5, 5.41) is 17.5. The van der Waals surface area contributed by atoms with Crippen LogP contribution in [0.25, 0.3) is 0 Å². The number of fused-ring (bicyclic) bond motifs is 1. The minimum Gasteiger partial charge on any atom is -0.493 e. The van der Waals surface area contributed by atoms with E-state index in [1.807, 2.05) is 19.9 Å². The molecule has 39 heavy (non-hydrogen) atoms. The first-order chi connectivity index (χ1) is 18.8. The monoisotopic (exact) mass is 544 g/mol. The van der Waals surface area contributed by atoms with E-state index < -0.39 is 0 Å². The Morgan fingerprint density at radius 3 is 2.77 bits per heavy atom. The van der Waals surface area contributed by atoms with Gasteiger partial charge < -0.3 is 10.1 Å². The van der Waals surface area contributed by atoms with Crippen molar-refractivity contribution in [3.63, 3.8) is 0 Å². The van der Waals surface area contributed by atoms with Crippen molar-refractivity contribution in [2.24, 2.45) is 11.8 Å². The number of hydrogen-bond acceptors (Lipinski definition) is 6. The van der Waals surface area contributed by atoms with Crippen LogP contribution in [0.5, 0.6) is 5.75 Å². The summed E-state index contributed by atoms with van der Waals surface area (Å²) in [4.78, 5) is 32.0. The van der Waals surface area contributed by atoms with Crippen LogP contribution in [0.4, 0.5) is 5.82 Å². The van der Waals surface area contributed by atoms with Gasteiger partial charge in [0, 0.05) is 47.0 Å². The Morgan fingerprint density at radius 1 is 1.28 bits per heavy atom. The highest BCUT2D eigenvalue weighted by Gasteiger charge is 2.53. The maximum Gasteiger partial charge on any atom is 0.254 e. The van der Waals surface area contributed by atoms with E-state index in [0.717, 1.165) is 36.0 Å². The smallest absolute Gasteiger partial charge is 0.254 e. The molecular formula is C29H29ClN6O3. The number of nitriles is 1. The summed E-state index contributed by atoms with van der Waals surface area (Å²) in [5.74, 6) is 1.89. The molecule has 200 valence electrons. The third-order valence-electron chi connectivity index (χ3n) is 8.44. The summed E-state index contributed by atoms with van der Waals surface area (Å²) >= 11 is 6.13. The Morgan fingerprint density at radius 2 is 2.08 bits per heavy atom. The topological polar surface area (TPSA) is 113 Å². The number of halogens is 1. The van der Waals surface area contributed by atoms with Crippen molar-refractivity contribution < 1.29 is 14.3 Å². The van der Waals surface area contributed by atoms with Crippen LogP contribution in [0.1, 0.15) is 70.8 Å². The summed E-state index contributed by atoms with van der Waals surface area (Å²) in [6, 6.07) is 7.36. The van der Waals surface area contributed by atoms with Gasteiger partial charge in [-0.2, -0.15) is 10.4 Å². The second-order valence-corrected chi connectivity index (χ2v) is 11.3. The Hall–Kier alpha value is -3.90. The lowest BCUT2D eigenvalue weighted by molar-refractivity contribution is -0.118. The highest BCUT2D eigenvalue weighted by molar-refractivity contribution is 6.30. The van der Waals surface area contributed by atoms with Gasteiger partial charge in [0.25, 0.3) is 5.91 Å². The summed E-state index contributed by atoms with van der Waals surface area (Å²) in [5.41, 5.74) is 3.83. The second-order valence-electron chi connectivity index (χ2n) is 10.8. The average molecular weight is 545 g/mol. The summed E-state index contributed by atoms with van der Waals surface area (Å²) in [6.45, 7) is 4.64. The lowest BCUT2D eigenvalue weighted by atomic mass is 9.74. The van der Waals surface area contributed by atoms with Crippen LogP contribution in [0.3, 0.4) is 0 Å². The van der Waals surface area contributed by atoms with Gasteiger partial charge in [-0.15, -0.1) is 0 Å². The molecule has 0 spiro atoms. The number of pyridine rings is 1. The normalized spacial score (nSPS) is 24.0. The second kappa shape index (κ2) is 9.69. The molecule has 3 atom stereocenters. The molecule has 3 heterocycles. The molecule has 9 nitrogen and oxygen atoms in total. The first kappa shape index (κ1) is 25.4. The van der Waals surface area contributed by atoms with Crippen molar-refractivity contribution in [3.05, 3.63) is 69.6 Å². The van der Waals surface area contributed by atoms with Crippen molar-refractivity contribution >= 4 is 29.2 Å². The van der Waals surface area contributed by atoms with Gasteiger partial charge >= 0.3 is 0 Å². The summed E-state index contributed by atoms with van der Waals surface area (Å²) in [6.07, 6.45) is 7.56. The minimum atomic E-state index is -0.204. The molecule has 1 aliphatic heterocycles. The number of carbonyl (C=O) groups is 2. The standard InChI is InChI=1S/C29H29ClN6O3/c1-15-25(12-32-27(26(15)39-3)35-13-19-8-24(19)29(35)38)16(2)36-14-20(11-33-36)28(37)34-22-6-18(7-22)23-9-21(30)5-4-17(23)10-31/h4-5,9,11-12,14,16,18-19,22,24H,6-8,13H2,1-3H3,(H,34,37)/t16?,18-,19-,22+,24-/m1/s1. The molecule has 1 N–H and O–H groups in total. The zero-order chi connectivity index (χ0) is 27.4. The summed E-state index contributed by atoms with van der Waals surface area (Å²) < 4.78 is 7.44. The Kier molecular flexibility index (Phi) is 6.31. The number of anilines is 1. The molecule has 1 unspecified atom stereocenters. The molecule has 2 saturated carbocycles. The van der Waals surface area contributed by atoms with Gasteiger partial charge in [0.1, 0.15) is 0 Å². The fraction of sp³-hybridized carbons (Fsp3) is 0.414. The third-order valence-corrected chi connectivity index (χ3v) is 8.68. The van der Waals surface area contributed by atoms with E-state index in [2.05, 4.69) is 21.5 Å². The lowest BCUT2D eigenvalue weighted by Crippen LogP contribution is -2.43. The number of ether oxygens (including phenoxy) is 1. The molecule has 3 aromatic rings. The highest BCUT2D eigenvalue weighted by Crippen LogP contribution is 2.49. The molecule has 10 heteroatoms. The van der Waals surface area contributed by atoms with Crippen LogP contribution in [-0.4, -0.2) is 46.3 Å². The van der Waals surface area contributed by atoms with Crippen LogP contribution < -0.4 is 15.0 Å². The molecule has 1 saturated heterocycles. The fourth-order valence-electron chi connectivity index (χ4n) is 5.95. The van der Waals surface area contributed by atoms with Gasteiger partial charge in [-0.3, -0.25) is 19.2 Å². The minimum absolute atomic E-state index is 0.0244. The fourth-order valence-corrected chi connectivity index (χ4v) is 6.13. The Bertz CT molecular complexity index is 1520. The van der Waals surface area contributed by atoms with Gasteiger partial charge in [0.05, 0.1) is 36.5 Å². The number of nitrogens with zero attached hydrogens (tertiary/aromatic N) is 5. The van der Waals surface area contributed by atoms with E-state index in [1.54, 1.807) is 47.4 Å². The number of carbonyl (C=O) groups excluding carboxylic acids is 2. The number of amides is 2. The highest BCUT2D eigenvalue weighted by atomic mass is 35.5. The third kappa shape index (κ3) is 4.43. The Labute approximate surface area is 231 Å². The zero-order valence-corrected chi connectivity index (χ0v) is 22.8. The molecule has 3 aliphatic rings. The molecule has 2 aromatic heterocycles. The van der Waals surface area contributed by atoms with Crippen molar-refractivity contribution in [2.75, 3.05) is 18.6 Å². The number of rotatable bonds is 7. The van der Waals surface area contributed by atoms with Crippen LogP contribution in [0.15, 0.2) is 36.8 Å². The number of aromatic nitrogens is 3. The van der Waals surface area contributed by atoms with Gasteiger partial charge in [0.15, 0.2) is 11.6 Å². The van der Waals surface area contributed by atoms with Crippen LogP contribution in [-0.2, 0) is 4.79 Å². The number of piperidine rings is 1. The van der Waals surface area contributed by atoms with E-state index in [4.69, 9.17) is 16.3 Å². The molecule has 0 radical (unpaired) electrons. The predicted octanol–water partition coefficient (Wildman–Crippen LogP) is 4.39. The summed E-state index contributed by atoms with van der Waals surface area (Å²) in [7, 11) is 1.60. The predicted molar refractivity (Wildman–Crippen MR) is 145 cm³/mol. The van der Waals surface area contributed by atoms with E-state index in [1.165, 1.54) is 0 Å². The van der Waals surface area contributed by atoms with Crippen LogP contribution in [0, 0.1) is 30.1 Å². The average Bonchev–Trinajstić information content (AvgIpc) is 3.36. The Balaban J connectivity index is 1.12. The molecular weight excluding hydrogens is 516 g/mol. The van der Waals surface area contributed by atoms with Gasteiger partial charge in [-0.1, -0.05) is 11.6 Å². The largest absolute Gasteiger partial charge is 0.493 e. The number of nitrogens with one attached hydrogen (secondary N) is 1. The molecule has 2 aliphatic carbocycles. The lowest BCUT2D eigenvalue weighted by Gasteiger charge is -2.36. The SMILES string of the molecule is COc1c(N2C[C@H]3C[C@H]3C2=O)ncc(C(C)n2cc(C(=O)N[C@H]3C[C@@H](c4cc(Cl)ccc4C#N)C3)cn2)c1C. The van der Waals surface area contributed by atoms with Crippen molar-refractivity contribution in [3.8, 4) is 11.8 Å². The van der Waals surface area contributed by atoms with Crippen molar-refractivity contribution in [2.45, 2.75) is 51.1 Å². The van der Waals surface area contributed by atoms with Gasteiger partial charge in [-0.05, 0) is 68.7 Å². The number of benzene rings is 1. The molecule has 2 amide bonds. The van der Waals surface area contributed by atoms with Crippen LogP contribution in [0.2, 0.25) is 5.02 Å². The van der Waals surface area contributed by atoms with E-state index in [9.17, 15) is 14.9 Å². The van der Waals surface area contributed by atoms with Crippen molar-refractivity contribution in [1.82, 2.24) is 20.1 Å². The number of methoxy groups -OCH3 is 1. The van der Waals surface area contributed by atoms with Crippen LogP contribution >= 0.6 is 11.6 Å². The quantitative estimate of drug-likeness (QED) is 0.472. The van der Waals surface area contributed by atoms with E-state index >= 15 is 0 Å².